The van der Waals surface area contributed by atoms with Gasteiger partial charge in [-0.1, -0.05) is 23.7 Å². The topological polar surface area (TPSA) is 95.1 Å². The Bertz CT molecular complexity index is 1360. The van der Waals surface area contributed by atoms with Crippen molar-refractivity contribution in [1.29, 1.82) is 0 Å². The van der Waals surface area contributed by atoms with Gasteiger partial charge in [-0.05, 0) is 62.6 Å². The zero-order chi connectivity index (χ0) is 25.1. The van der Waals surface area contributed by atoms with Crippen molar-refractivity contribution in [2.75, 3.05) is 5.32 Å². The molecule has 0 saturated carbocycles. The number of hydrogen-bond acceptors (Lipinski definition) is 6. The first kappa shape index (κ1) is 23.7. The summed E-state index contributed by atoms with van der Waals surface area (Å²) in [7, 11) is 0. The zero-order valence-electron chi connectivity index (χ0n) is 20.4. The maximum Gasteiger partial charge on any atom is 0.228 e. The van der Waals surface area contributed by atoms with Crippen molar-refractivity contribution in [2.24, 2.45) is 0 Å². The highest BCUT2D eigenvalue weighted by atomic mass is 19.1. The molecule has 0 atom stereocenters. The first-order valence-electron chi connectivity index (χ1n) is 12.1. The lowest BCUT2D eigenvalue weighted by Crippen LogP contribution is -2.14. The summed E-state index contributed by atoms with van der Waals surface area (Å²) >= 11 is 0. The molecule has 0 saturated heterocycles. The SMILES string of the molecule is Cc1noc(C)c1COc1ccc(CC(=O)Nc2ccc(F)c(-c3nnc4n3CCCCC4)c2)cc1. The van der Waals surface area contributed by atoms with E-state index in [0.717, 1.165) is 60.6 Å². The van der Waals surface area contributed by atoms with E-state index in [2.05, 4.69) is 20.7 Å². The van der Waals surface area contributed by atoms with Crippen LogP contribution in [0.15, 0.2) is 47.0 Å². The van der Waals surface area contributed by atoms with E-state index in [0.29, 0.717) is 29.4 Å². The number of halogens is 1. The Morgan fingerprint density at radius 3 is 2.72 bits per heavy atom. The standard InChI is InChI=1S/C27H28FN5O3/c1-17-23(18(2)36-32-17)16-35-21-10-7-19(8-11-21)14-26(34)29-20-9-12-24(28)22(15-20)27-31-30-25-6-4-3-5-13-33(25)27/h7-12,15H,3-6,13-14,16H2,1-2H3,(H,29,34). The van der Waals surface area contributed by atoms with Gasteiger partial charge in [-0.15, -0.1) is 10.2 Å². The second kappa shape index (κ2) is 10.3. The van der Waals surface area contributed by atoms with E-state index in [9.17, 15) is 9.18 Å². The van der Waals surface area contributed by atoms with E-state index in [-0.39, 0.29) is 18.1 Å². The van der Waals surface area contributed by atoms with Crippen molar-refractivity contribution in [3.63, 3.8) is 0 Å². The molecular formula is C27H28FN5O3. The van der Waals surface area contributed by atoms with Gasteiger partial charge in [-0.3, -0.25) is 4.79 Å². The van der Waals surface area contributed by atoms with Gasteiger partial charge in [0.1, 0.15) is 29.8 Å². The third kappa shape index (κ3) is 5.15. The van der Waals surface area contributed by atoms with Crippen molar-refractivity contribution in [3.05, 3.63) is 76.7 Å². The molecule has 0 unspecified atom stereocenters. The summed E-state index contributed by atoms with van der Waals surface area (Å²) in [5.41, 5.74) is 3.43. The second-order valence-electron chi connectivity index (χ2n) is 9.06. The maximum absolute atomic E-state index is 14.7. The summed E-state index contributed by atoms with van der Waals surface area (Å²) in [6, 6.07) is 11.9. The lowest BCUT2D eigenvalue weighted by molar-refractivity contribution is -0.115. The minimum absolute atomic E-state index is 0.178. The van der Waals surface area contributed by atoms with E-state index in [1.54, 1.807) is 12.1 Å². The number of hydrogen-bond donors (Lipinski definition) is 1. The molecule has 4 aromatic rings. The summed E-state index contributed by atoms with van der Waals surface area (Å²) in [4.78, 5) is 12.7. The van der Waals surface area contributed by atoms with E-state index < -0.39 is 0 Å². The van der Waals surface area contributed by atoms with Crippen LogP contribution in [0.1, 0.15) is 47.7 Å². The van der Waals surface area contributed by atoms with Crippen LogP contribution in [0.3, 0.4) is 0 Å². The van der Waals surface area contributed by atoms with E-state index >= 15 is 0 Å². The third-order valence-corrected chi connectivity index (χ3v) is 6.45. The van der Waals surface area contributed by atoms with Crippen molar-refractivity contribution in [3.8, 4) is 17.1 Å². The van der Waals surface area contributed by atoms with Crippen molar-refractivity contribution >= 4 is 11.6 Å². The fraction of sp³-hybridized carbons (Fsp3) is 0.333. The zero-order valence-corrected chi connectivity index (χ0v) is 20.4. The number of aromatic nitrogens is 4. The quantitative estimate of drug-likeness (QED) is 0.385. The molecule has 0 fully saturated rings. The fourth-order valence-corrected chi connectivity index (χ4v) is 4.42. The first-order chi connectivity index (χ1) is 17.5. The van der Waals surface area contributed by atoms with Crippen molar-refractivity contribution < 1.29 is 18.4 Å². The van der Waals surface area contributed by atoms with Gasteiger partial charge in [0.2, 0.25) is 5.91 Å². The highest BCUT2D eigenvalue weighted by molar-refractivity contribution is 5.92. The molecule has 3 heterocycles. The number of ether oxygens (including phenoxy) is 1. The van der Waals surface area contributed by atoms with Crippen LogP contribution in [0.2, 0.25) is 0 Å². The molecule has 1 amide bonds. The Balaban J connectivity index is 1.22. The van der Waals surface area contributed by atoms with Gasteiger partial charge in [-0.2, -0.15) is 0 Å². The monoisotopic (exact) mass is 489 g/mol. The number of nitrogens with one attached hydrogen (secondary N) is 1. The predicted octanol–water partition coefficient (Wildman–Crippen LogP) is 5.18. The lowest BCUT2D eigenvalue weighted by atomic mass is 10.1. The van der Waals surface area contributed by atoms with Gasteiger partial charge < -0.3 is 19.1 Å². The molecule has 0 spiro atoms. The fourth-order valence-electron chi connectivity index (χ4n) is 4.42. The first-order valence-corrected chi connectivity index (χ1v) is 12.1. The number of amides is 1. The summed E-state index contributed by atoms with van der Waals surface area (Å²) < 4.78 is 27.7. The van der Waals surface area contributed by atoms with Gasteiger partial charge in [0.05, 0.1) is 23.2 Å². The van der Waals surface area contributed by atoms with Gasteiger partial charge in [0.25, 0.3) is 0 Å². The van der Waals surface area contributed by atoms with E-state index in [1.807, 2.05) is 42.7 Å². The average molecular weight is 490 g/mol. The van der Waals surface area contributed by atoms with Crippen LogP contribution >= 0.6 is 0 Å². The number of nitrogens with zero attached hydrogens (tertiary/aromatic N) is 4. The summed E-state index contributed by atoms with van der Waals surface area (Å²) in [5, 5.41) is 15.3. The summed E-state index contributed by atoms with van der Waals surface area (Å²) in [5.74, 6) is 2.23. The molecule has 9 heteroatoms. The van der Waals surface area contributed by atoms with Gasteiger partial charge in [-0.25, -0.2) is 4.39 Å². The molecule has 1 N–H and O–H groups in total. The van der Waals surface area contributed by atoms with Crippen molar-refractivity contribution in [1.82, 2.24) is 19.9 Å². The molecule has 0 aliphatic carbocycles. The Morgan fingerprint density at radius 2 is 1.94 bits per heavy atom. The number of carbonyl (C=O) groups excluding carboxylic acids is 1. The normalized spacial score (nSPS) is 13.2. The summed E-state index contributed by atoms with van der Waals surface area (Å²) in [6.07, 6.45) is 4.21. The number of rotatable bonds is 7. The van der Waals surface area contributed by atoms with Gasteiger partial charge in [0.15, 0.2) is 5.82 Å². The Kier molecular flexibility index (Phi) is 6.79. The van der Waals surface area contributed by atoms with Crippen LogP contribution in [0.5, 0.6) is 5.75 Å². The number of carbonyl (C=O) groups is 1. The van der Waals surface area contributed by atoms with E-state index in [4.69, 9.17) is 9.26 Å². The maximum atomic E-state index is 14.7. The average Bonchev–Trinajstić information content (AvgIpc) is 3.32. The molecule has 1 aliphatic heterocycles. The third-order valence-electron chi connectivity index (χ3n) is 6.45. The molecule has 8 nitrogen and oxygen atoms in total. The molecule has 5 rings (SSSR count). The van der Waals surface area contributed by atoms with Crippen LogP contribution in [-0.2, 0) is 30.8 Å². The van der Waals surface area contributed by atoms with Crippen LogP contribution < -0.4 is 10.1 Å². The molecule has 2 aromatic carbocycles. The second-order valence-corrected chi connectivity index (χ2v) is 9.06. The highest BCUT2D eigenvalue weighted by Crippen LogP contribution is 2.28. The minimum atomic E-state index is -0.389. The largest absolute Gasteiger partial charge is 0.489 e. The highest BCUT2D eigenvalue weighted by Gasteiger charge is 2.19. The van der Waals surface area contributed by atoms with Gasteiger partial charge >= 0.3 is 0 Å². The van der Waals surface area contributed by atoms with Crippen molar-refractivity contribution in [2.45, 2.75) is 59.1 Å². The Hall–Kier alpha value is -4.01. The molecule has 36 heavy (non-hydrogen) atoms. The summed E-state index contributed by atoms with van der Waals surface area (Å²) in [6.45, 7) is 4.86. The van der Waals surface area contributed by atoms with E-state index in [1.165, 1.54) is 6.07 Å². The number of anilines is 1. The number of aryl methyl sites for hydroxylation is 3. The van der Waals surface area contributed by atoms with Crippen LogP contribution in [0.25, 0.3) is 11.4 Å². The van der Waals surface area contributed by atoms with Crippen LogP contribution in [0.4, 0.5) is 10.1 Å². The number of fused-ring (bicyclic) bond motifs is 1. The molecule has 186 valence electrons. The lowest BCUT2D eigenvalue weighted by Gasteiger charge is -2.11. The molecule has 2 aromatic heterocycles. The smallest absolute Gasteiger partial charge is 0.228 e. The molecular weight excluding hydrogens is 461 g/mol. The van der Waals surface area contributed by atoms with Crippen LogP contribution in [0, 0.1) is 19.7 Å². The molecule has 1 aliphatic rings. The Morgan fingerprint density at radius 1 is 1.11 bits per heavy atom. The minimum Gasteiger partial charge on any atom is -0.489 e. The molecule has 0 bridgehead atoms. The molecule has 0 radical (unpaired) electrons. The van der Waals surface area contributed by atoms with Gasteiger partial charge in [0, 0.05) is 18.7 Å². The number of benzene rings is 2. The predicted molar refractivity (Wildman–Crippen MR) is 132 cm³/mol. The van der Waals surface area contributed by atoms with Crippen LogP contribution in [-0.4, -0.2) is 25.8 Å². The Labute approximate surface area is 208 Å².